The number of fused-ring (bicyclic) bond motifs is 3. The molecule has 0 heterocycles. The molecule has 0 heteroatoms. The van der Waals surface area contributed by atoms with Crippen LogP contribution in [0.2, 0.25) is 0 Å². The molecule has 0 aromatic carbocycles. The predicted molar refractivity (Wildman–Crippen MR) is 44.1 cm³/mol. The normalized spacial score (nSPS) is 57.6. The van der Waals surface area contributed by atoms with E-state index < -0.39 is 0 Å². The molecule has 0 bridgehead atoms. The Labute approximate surface area is 67.7 Å². The average Bonchev–Trinajstić information content (AvgIpc) is 2.74. The molecule has 0 aromatic rings. The number of hydrogen-bond acceptors (Lipinski definition) is 0. The highest BCUT2D eigenvalue weighted by molar-refractivity contribution is 5.38. The van der Waals surface area contributed by atoms with Crippen molar-refractivity contribution in [2.75, 3.05) is 0 Å². The predicted octanol–water partition coefficient (Wildman–Crippen LogP) is 2.75. The SMILES string of the molecule is C1=C2CCC2C2CC12C1CC1. The van der Waals surface area contributed by atoms with E-state index in [4.69, 9.17) is 0 Å². The summed E-state index contributed by atoms with van der Waals surface area (Å²) in [5.74, 6) is 3.39. The maximum atomic E-state index is 2.70. The van der Waals surface area contributed by atoms with E-state index in [1.54, 1.807) is 19.3 Å². The third-order valence-electron chi connectivity index (χ3n) is 4.60. The maximum absolute atomic E-state index is 2.70. The standard InChI is InChI=1S/C11H14/c1-4-9-7(1)5-11(6-10(9)11)8-2-3-8/h5,8-10H,1-4,6H2. The maximum Gasteiger partial charge on any atom is -0.00498 e. The van der Waals surface area contributed by atoms with Crippen LogP contribution in [0.4, 0.5) is 0 Å². The van der Waals surface area contributed by atoms with Crippen molar-refractivity contribution in [1.29, 1.82) is 0 Å². The van der Waals surface area contributed by atoms with Crippen molar-refractivity contribution in [2.24, 2.45) is 23.2 Å². The van der Waals surface area contributed by atoms with Gasteiger partial charge in [0.25, 0.3) is 0 Å². The van der Waals surface area contributed by atoms with Gasteiger partial charge in [0.05, 0.1) is 0 Å². The smallest absolute Gasteiger partial charge is 0.00498 e. The molecule has 0 saturated heterocycles. The second-order valence-corrected chi connectivity index (χ2v) is 5.06. The summed E-state index contributed by atoms with van der Waals surface area (Å²) in [5.41, 5.74) is 2.67. The average molecular weight is 146 g/mol. The molecule has 0 nitrogen and oxygen atoms in total. The van der Waals surface area contributed by atoms with E-state index in [9.17, 15) is 0 Å². The summed E-state index contributed by atoms with van der Waals surface area (Å²) in [6, 6.07) is 0. The Bertz CT molecular complexity index is 259. The summed E-state index contributed by atoms with van der Waals surface area (Å²) in [6.07, 6.45) is 10.4. The zero-order chi connectivity index (χ0) is 7.05. The van der Waals surface area contributed by atoms with Crippen molar-refractivity contribution in [3.8, 4) is 0 Å². The molecule has 3 atom stereocenters. The summed E-state index contributed by atoms with van der Waals surface area (Å²) in [4.78, 5) is 0. The largest absolute Gasteiger partial charge is 0.0782 e. The quantitative estimate of drug-likeness (QED) is 0.499. The number of rotatable bonds is 1. The molecule has 0 spiro atoms. The molecule has 4 aliphatic rings. The summed E-state index contributed by atoms with van der Waals surface area (Å²) >= 11 is 0. The molecule has 0 aliphatic heterocycles. The Balaban J connectivity index is 1.78. The van der Waals surface area contributed by atoms with Gasteiger partial charge in [-0.3, -0.25) is 0 Å². The van der Waals surface area contributed by atoms with Gasteiger partial charge in [-0.15, -0.1) is 0 Å². The third-order valence-corrected chi connectivity index (χ3v) is 4.60. The second kappa shape index (κ2) is 1.32. The topological polar surface area (TPSA) is 0 Å². The Hall–Kier alpha value is -0.260. The van der Waals surface area contributed by atoms with Gasteiger partial charge in [-0.25, -0.2) is 0 Å². The fourth-order valence-electron chi connectivity index (χ4n) is 3.67. The van der Waals surface area contributed by atoms with Gasteiger partial charge < -0.3 is 0 Å². The van der Waals surface area contributed by atoms with Gasteiger partial charge in [0.15, 0.2) is 0 Å². The molecule has 0 amide bonds. The van der Waals surface area contributed by atoms with Crippen molar-refractivity contribution >= 4 is 0 Å². The molecule has 4 aliphatic carbocycles. The van der Waals surface area contributed by atoms with Crippen LogP contribution in [0, 0.1) is 23.2 Å². The van der Waals surface area contributed by atoms with Crippen LogP contribution in [0.5, 0.6) is 0 Å². The van der Waals surface area contributed by atoms with E-state index in [1.165, 1.54) is 12.8 Å². The second-order valence-electron chi connectivity index (χ2n) is 5.06. The van der Waals surface area contributed by atoms with Gasteiger partial charge in [0.2, 0.25) is 0 Å². The van der Waals surface area contributed by atoms with Gasteiger partial charge in [0, 0.05) is 0 Å². The summed E-state index contributed by atoms with van der Waals surface area (Å²) < 4.78 is 0. The molecule has 3 unspecified atom stereocenters. The van der Waals surface area contributed by atoms with Crippen molar-refractivity contribution in [3.05, 3.63) is 11.6 Å². The highest BCUT2D eigenvalue weighted by Gasteiger charge is 2.67. The molecule has 0 N–H and O–H groups in total. The molecule has 3 saturated carbocycles. The minimum atomic E-state index is 0.816. The zero-order valence-corrected chi connectivity index (χ0v) is 6.84. The molecule has 3 fully saturated rings. The first-order valence-electron chi connectivity index (χ1n) is 5.12. The number of allylic oxidation sites excluding steroid dienone is 2. The lowest BCUT2D eigenvalue weighted by Crippen LogP contribution is -2.14. The van der Waals surface area contributed by atoms with E-state index in [0.717, 1.165) is 23.2 Å². The third kappa shape index (κ3) is 0.457. The Kier molecular flexibility index (Phi) is 0.648. The van der Waals surface area contributed by atoms with Crippen LogP contribution >= 0.6 is 0 Å². The molecular formula is C11H14. The summed E-state index contributed by atoms with van der Waals surface area (Å²) in [5, 5.41) is 0. The summed E-state index contributed by atoms with van der Waals surface area (Å²) in [7, 11) is 0. The molecule has 4 rings (SSSR count). The van der Waals surface area contributed by atoms with E-state index in [-0.39, 0.29) is 0 Å². The van der Waals surface area contributed by atoms with E-state index in [0.29, 0.717) is 0 Å². The van der Waals surface area contributed by atoms with Crippen molar-refractivity contribution < 1.29 is 0 Å². The first kappa shape index (κ1) is 5.40. The van der Waals surface area contributed by atoms with Gasteiger partial charge in [-0.05, 0) is 55.3 Å². The zero-order valence-electron chi connectivity index (χ0n) is 6.84. The lowest BCUT2D eigenvalue weighted by molar-refractivity contribution is 0.379. The molecule has 0 radical (unpaired) electrons. The Morgan fingerprint density at radius 3 is 2.64 bits per heavy atom. The van der Waals surface area contributed by atoms with Crippen molar-refractivity contribution in [1.82, 2.24) is 0 Å². The van der Waals surface area contributed by atoms with Gasteiger partial charge in [0.1, 0.15) is 0 Å². The summed E-state index contributed by atoms with van der Waals surface area (Å²) in [6.45, 7) is 0. The fraction of sp³-hybridized carbons (Fsp3) is 0.818. The highest BCUT2D eigenvalue weighted by Crippen LogP contribution is 2.76. The van der Waals surface area contributed by atoms with Crippen LogP contribution in [0.1, 0.15) is 32.1 Å². The van der Waals surface area contributed by atoms with Crippen LogP contribution in [0.15, 0.2) is 11.6 Å². The van der Waals surface area contributed by atoms with E-state index >= 15 is 0 Å². The first-order valence-corrected chi connectivity index (χ1v) is 5.12. The molecule has 0 aromatic heterocycles. The minimum Gasteiger partial charge on any atom is -0.0782 e. The first-order chi connectivity index (χ1) is 5.40. The minimum absolute atomic E-state index is 0.816. The molecule has 58 valence electrons. The molecular weight excluding hydrogens is 132 g/mol. The Morgan fingerprint density at radius 2 is 2.18 bits per heavy atom. The van der Waals surface area contributed by atoms with Crippen LogP contribution in [0.25, 0.3) is 0 Å². The van der Waals surface area contributed by atoms with Crippen LogP contribution in [-0.4, -0.2) is 0 Å². The van der Waals surface area contributed by atoms with Crippen LogP contribution < -0.4 is 0 Å². The van der Waals surface area contributed by atoms with Crippen LogP contribution in [-0.2, 0) is 0 Å². The monoisotopic (exact) mass is 146 g/mol. The fourth-order valence-corrected chi connectivity index (χ4v) is 3.67. The molecule has 11 heavy (non-hydrogen) atoms. The lowest BCUT2D eigenvalue weighted by Gasteiger charge is -2.26. The van der Waals surface area contributed by atoms with Crippen LogP contribution in [0.3, 0.4) is 0 Å². The van der Waals surface area contributed by atoms with E-state index in [1.807, 2.05) is 5.57 Å². The van der Waals surface area contributed by atoms with Gasteiger partial charge >= 0.3 is 0 Å². The highest BCUT2D eigenvalue weighted by atomic mass is 14.7. The van der Waals surface area contributed by atoms with E-state index in [2.05, 4.69) is 6.08 Å². The van der Waals surface area contributed by atoms with Crippen molar-refractivity contribution in [3.63, 3.8) is 0 Å². The Morgan fingerprint density at radius 1 is 1.27 bits per heavy atom. The number of hydrogen-bond donors (Lipinski definition) is 0. The lowest BCUT2D eigenvalue weighted by atomic mass is 9.79. The van der Waals surface area contributed by atoms with Gasteiger partial charge in [-0.2, -0.15) is 0 Å². The van der Waals surface area contributed by atoms with Gasteiger partial charge in [-0.1, -0.05) is 11.6 Å². The van der Waals surface area contributed by atoms with Crippen molar-refractivity contribution in [2.45, 2.75) is 32.1 Å².